The highest BCUT2D eigenvalue weighted by atomic mass is 19.4. The van der Waals surface area contributed by atoms with Crippen LogP contribution in [0.15, 0.2) is 35.3 Å². The van der Waals surface area contributed by atoms with Crippen molar-refractivity contribution in [1.82, 2.24) is 0 Å². The van der Waals surface area contributed by atoms with E-state index in [4.69, 9.17) is 0 Å². The average molecular weight is 229 g/mol. The molecule has 1 aromatic carbocycles. The minimum Gasteiger partial charge on any atom is -0.300 e. The van der Waals surface area contributed by atoms with Gasteiger partial charge in [0.2, 0.25) is 0 Å². The highest BCUT2D eigenvalue weighted by Crippen LogP contribution is 2.23. The van der Waals surface area contributed by atoms with Crippen molar-refractivity contribution < 1.29 is 18.0 Å². The number of Topliss-reactive ketones (excluding diaryl/α,β-unsaturated/α-hetero) is 1. The summed E-state index contributed by atoms with van der Waals surface area (Å²) in [6, 6.07) is 7.75. The quantitative estimate of drug-likeness (QED) is 0.731. The number of para-hydroxylation sites is 1. The Morgan fingerprint density at radius 3 is 2.25 bits per heavy atom. The summed E-state index contributed by atoms with van der Waals surface area (Å²) < 4.78 is 37.4. The maximum absolute atomic E-state index is 12.5. The molecule has 5 heteroatoms. The molecule has 86 valence electrons. The van der Waals surface area contributed by atoms with Crippen LogP contribution in [0.4, 0.5) is 18.9 Å². The van der Waals surface area contributed by atoms with Gasteiger partial charge in [-0.05, 0) is 19.1 Å². The molecule has 0 spiro atoms. The van der Waals surface area contributed by atoms with E-state index in [2.05, 4.69) is 4.99 Å². The molecule has 0 N–H and O–H groups in total. The first-order valence-electron chi connectivity index (χ1n) is 4.59. The van der Waals surface area contributed by atoms with Crippen molar-refractivity contribution in [1.29, 1.82) is 0 Å². The number of rotatable bonds is 3. The summed E-state index contributed by atoms with van der Waals surface area (Å²) in [5.74, 6) is -0.563. The molecular weight excluding hydrogens is 219 g/mol. The highest BCUT2D eigenvalue weighted by molar-refractivity contribution is 6.04. The zero-order valence-corrected chi connectivity index (χ0v) is 8.58. The van der Waals surface area contributed by atoms with E-state index in [9.17, 15) is 18.0 Å². The molecule has 0 atom stereocenters. The Bertz CT molecular complexity index is 395. The molecule has 0 aliphatic rings. The number of ketones is 1. The van der Waals surface area contributed by atoms with Gasteiger partial charge in [0.25, 0.3) is 0 Å². The third-order valence-electron chi connectivity index (χ3n) is 1.76. The topological polar surface area (TPSA) is 29.4 Å². The largest absolute Gasteiger partial charge is 0.429 e. The van der Waals surface area contributed by atoms with Gasteiger partial charge in [-0.25, -0.2) is 4.99 Å². The van der Waals surface area contributed by atoms with Gasteiger partial charge in [-0.3, -0.25) is 4.79 Å². The van der Waals surface area contributed by atoms with Gasteiger partial charge in [0, 0.05) is 0 Å². The molecule has 0 saturated carbocycles. The first-order chi connectivity index (χ1) is 7.39. The molecule has 1 aromatic rings. The predicted molar refractivity (Wildman–Crippen MR) is 54.9 cm³/mol. The zero-order chi connectivity index (χ0) is 12.2. The highest BCUT2D eigenvalue weighted by Gasteiger charge is 2.36. The van der Waals surface area contributed by atoms with Crippen LogP contribution in [0.25, 0.3) is 0 Å². The molecule has 0 amide bonds. The molecule has 0 aliphatic heterocycles. The second-order valence-corrected chi connectivity index (χ2v) is 3.27. The van der Waals surface area contributed by atoms with Crippen molar-refractivity contribution in [2.24, 2.45) is 4.99 Å². The van der Waals surface area contributed by atoms with Crippen LogP contribution in [0.1, 0.15) is 13.3 Å². The molecule has 0 aromatic heterocycles. The standard InChI is InChI=1S/C11H10F3NO/c1-8(16)7-10(11(12,13)14)15-9-5-3-2-4-6-9/h2-6H,7H2,1H3. The molecular formula is C11H10F3NO. The summed E-state index contributed by atoms with van der Waals surface area (Å²) in [7, 11) is 0. The lowest BCUT2D eigenvalue weighted by atomic mass is 10.2. The Morgan fingerprint density at radius 2 is 1.81 bits per heavy atom. The third kappa shape index (κ3) is 3.84. The summed E-state index contributed by atoms with van der Waals surface area (Å²) in [4.78, 5) is 14.2. The molecule has 0 bridgehead atoms. The fourth-order valence-electron chi connectivity index (χ4n) is 1.10. The molecule has 0 aliphatic carbocycles. The first-order valence-corrected chi connectivity index (χ1v) is 4.59. The van der Waals surface area contributed by atoms with Crippen LogP contribution in [-0.2, 0) is 4.79 Å². The van der Waals surface area contributed by atoms with Crippen LogP contribution in [0.3, 0.4) is 0 Å². The van der Waals surface area contributed by atoms with E-state index in [0.29, 0.717) is 0 Å². The molecule has 0 heterocycles. The van der Waals surface area contributed by atoms with Gasteiger partial charge >= 0.3 is 6.18 Å². The Hall–Kier alpha value is -1.65. The summed E-state index contributed by atoms with van der Waals surface area (Å²) in [5.41, 5.74) is -0.873. The van der Waals surface area contributed by atoms with E-state index in [1.165, 1.54) is 12.1 Å². The minimum atomic E-state index is -4.57. The van der Waals surface area contributed by atoms with Crippen molar-refractivity contribution in [3.05, 3.63) is 30.3 Å². The van der Waals surface area contributed by atoms with Crippen LogP contribution in [-0.4, -0.2) is 17.7 Å². The van der Waals surface area contributed by atoms with E-state index in [1.54, 1.807) is 18.2 Å². The summed E-state index contributed by atoms with van der Waals surface area (Å²) in [6.07, 6.45) is -5.26. The van der Waals surface area contributed by atoms with Crippen molar-refractivity contribution in [2.45, 2.75) is 19.5 Å². The maximum Gasteiger partial charge on any atom is 0.429 e. The van der Waals surface area contributed by atoms with Crippen LogP contribution in [0.5, 0.6) is 0 Å². The van der Waals surface area contributed by atoms with E-state index in [1.807, 2.05) is 0 Å². The molecule has 1 rings (SSSR count). The maximum atomic E-state index is 12.5. The van der Waals surface area contributed by atoms with Gasteiger partial charge in [0.1, 0.15) is 11.5 Å². The van der Waals surface area contributed by atoms with Crippen molar-refractivity contribution in [2.75, 3.05) is 0 Å². The van der Waals surface area contributed by atoms with Gasteiger partial charge in [-0.15, -0.1) is 0 Å². The van der Waals surface area contributed by atoms with Crippen molar-refractivity contribution >= 4 is 17.2 Å². The number of hydrogen-bond donors (Lipinski definition) is 0. The second kappa shape index (κ2) is 4.92. The van der Waals surface area contributed by atoms with Crippen LogP contribution < -0.4 is 0 Å². The molecule has 0 fully saturated rings. The number of aliphatic imine (C=N–C) groups is 1. The molecule has 0 saturated heterocycles. The summed E-state index contributed by atoms with van der Waals surface area (Å²) in [6.45, 7) is 1.10. The van der Waals surface area contributed by atoms with Crippen LogP contribution in [0.2, 0.25) is 0 Å². The van der Waals surface area contributed by atoms with Gasteiger partial charge in [0.05, 0.1) is 12.1 Å². The molecule has 0 radical (unpaired) electrons. The minimum absolute atomic E-state index is 0.191. The van der Waals surface area contributed by atoms with E-state index < -0.39 is 24.1 Å². The Balaban J connectivity index is 3.02. The number of carbonyl (C=O) groups is 1. The number of nitrogens with zero attached hydrogens (tertiary/aromatic N) is 1. The van der Waals surface area contributed by atoms with Crippen molar-refractivity contribution in [3.8, 4) is 0 Å². The number of halogens is 3. The van der Waals surface area contributed by atoms with Crippen molar-refractivity contribution in [3.63, 3.8) is 0 Å². The lowest BCUT2D eigenvalue weighted by Crippen LogP contribution is -2.24. The SMILES string of the molecule is CC(=O)CC(=Nc1ccccc1)C(F)(F)F. The number of hydrogen-bond acceptors (Lipinski definition) is 2. The monoisotopic (exact) mass is 229 g/mol. The molecule has 2 nitrogen and oxygen atoms in total. The normalized spacial score (nSPS) is 12.6. The van der Waals surface area contributed by atoms with Gasteiger partial charge in [-0.1, -0.05) is 18.2 Å². The van der Waals surface area contributed by atoms with Gasteiger partial charge in [-0.2, -0.15) is 13.2 Å². The second-order valence-electron chi connectivity index (χ2n) is 3.27. The Morgan fingerprint density at radius 1 is 1.25 bits per heavy atom. The fraction of sp³-hybridized carbons (Fsp3) is 0.273. The number of alkyl halides is 3. The average Bonchev–Trinajstić information content (AvgIpc) is 2.16. The first kappa shape index (κ1) is 12.4. The van der Waals surface area contributed by atoms with E-state index in [0.717, 1.165) is 6.92 Å². The smallest absolute Gasteiger partial charge is 0.300 e. The van der Waals surface area contributed by atoms with Crippen LogP contribution in [0, 0.1) is 0 Å². The fourth-order valence-corrected chi connectivity index (χ4v) is 1.10. The predicted octanol–water partition coefficient (Wildman–Crippen LogP) is 3.30. The van der Waals surface area contributed by atoms with E-state index in [-0.39, 0.29) is 5.69 Å². The van der Waals surface area contributed by atoms with Crippen LogP contribution >= 0.6 is 0 Å². The summed E-state index contributed by atoms with van der Waals surface area (Å²) in [5, 5.41) is 0. The molecule has 16 heavy (non-hydrogen) atoms. The number of carbonyl (C=O) groups excluding carboxylic acids is 1. The Kier molecular flexibility index (Phi) is 3.82. The third-order valence-corrected chi connectivity index (χ3v) is 1.76. The Labute approximate surface area is 90.8 Å². The molecule has 0 unspecified atom stereocenters. The van der Waals surface area contributed by atoms with E-state index >= 15 is 0 Å². The number of benzene rings is 1. The lowest BCUT2D eigenvalue weighted by Gasteiger charge is -2.08. The lowest BCUT2D eigenvalue weighted by molar-refractivity contribution is -0.117. The van der Waals surface area contributed by atoms with Gasteiger partial charge < -0.3 is 0 Å². The summed E-state index contributed by atoms with van der Waals surface area (Å²) >= 11 is 0. The van der Waals surface area contributed by atoms with Gasteiger partial charge in [0.15, 0.2) is 0 Å². The zero-order valence-electron chi connectivity index (χ0n) is 8.58.